The SMILES string of the molecule is FC(F)(F)c1ccc(C(OC(c2ccccc2)c2ccc(C(F)(F)F)cc2)c2ccccc2)cc1. The van der Waals surface area contributed by atoms with E-state index >= 15 is 0 Å². The van der Waals surface area contributed by atoms with Gasteiger partial charge < -0.3 is 4.74 Å². The monoisotopic (exact) mass is 486 g/mol. The number of rotatable bonds is 6. The third-order valence-electron chi connectivity index (χ3n) is 5.56. The van der Waals surface area contributed by atoms with Crippen LogP contribution in [-0.4, -0.2) is 0 Å². The van der Waals surface area contributed by atoms with Crippen molar-refractivity contribution >= 4 is 0 Å². The van der Waals surface area contributed by atoms with Crippen molar-refractivity contribution in [2.24, 2.45) is 0 Å². The highest BCUT2D eigenvalue weighted by Crippen LogP contribution is 2.38. The van der Waals surface area contributed by atoms with Gasteiger partial charge in [-0.1, -0.05) is 84.9 Å². The van der Waals surface area contributed by atoms with Crippen LogP contribution in [0.25, 0.3) is 0 Å². The van der Waals surface area contributed by atoms with E-state index in [1.807, 2.05) is 0 Å². The Kier molecular flexibility index (Phi) is 6.98. The molecule has 0 aliphatic rings. The van der Waals surface area contributed by atoms with Crippen molar-refractivity contribution in [1.82, 2.24) is 0 Å². The molecule has 0 radical (unpaired) electrons. The zero-order valence-corrected chi connectivity index (χ0v) is 18.2. The normalized spacial score (nSPS) is 13.9. The van der Waals surface area contributed by atoms with Gasteiger partial charge in [0.15, 0.2) is 0 Å². The first-order chi connectivity index (χ1) is 16.6. The molecule has 0 aliphatic heterocycles. The number of ether oxygens (including phenoxy) is 1. The summed E-state index contributed by atoms with van der Waals surface area (Å²) in [6.45, 7) is 0. The largest absolute Gasteiger partial charge is 0.416 e. The summed E-state index contributed by atoms with van der Waals surface area (Å²) >= 11 is 0. The average molecular weight is 486 g/mol. The number of alkyl halides is 6. The van der Waals surface area contributed by atoms with Gasteiger partial charge in [-0.3, -0.25) is 0 Å². The van der Waals surface area contributed by atoms with Gasteiger partial charge in [0.05, 0.1) is 11.1 Å². The maximum atomic E-state index is 13.1. The van der Waals surface area contributed by atoms with Crippen molar-refractivity contribution in [1.29, 1.82) is 0 Å². The van der Waals surface area contributed by atoms with Crippen LogP contribution in [0.3, 0.4) is 0 Å². The zero-order valence-electron chi connectivity index (χ0n) is 18.2. The molecule has 4 aromatic rings. The summed E-state index contributed by atoms with van der Waals surface area (Å²) in [7, 11) is 0. The summed E-state index contributed by atoms with van der Waals surface area (Å²) in [4.78, 5) is 0. The highest BCUT2D eigenvalue weighted by Gasteiger charge is 2.32. The van der Waals surface area contributed by atoms with Gasteiger partial charge in [0, 0.05) is 0 Å². The van der Waals surface area contributed by atoms with Gasteiger partial charge >= 0.3 is 12.4 Å². The number of hydrogen-bond acceptors (Lipinski definition) is 1. The molecule has 0 fully saturated rings. The Balaban J connectivity index is 1.76. The van der Waals surface area contributed by atoms with Gasteiger partial charge in [-0.2, -0.15) is 26.3 Å². The molecule has 2 atom stereocenters. The highest BCUT2D eigenvalue weighted by atomic mass is 19.4. The Labute approximate surface area is 198 Å². The van der Waals surface area contributed by atoms with E-state index in [-0.39, 0.29) is 0 Å². The van der Waals surface area contributed by atoms with Crippen LogP contribution in [0, 0.1) is 0 Å². The lowest BCUT2D eigenvalue weighted by Crippen LogP contribution is -2.14. The quantitative estimate of drug-likeness (QED) is 0.248. The van der Waals surface area contributed by atoms with E-state index in [1.165, 1.54) is 24.3 Å². The van der Waals surface area contributed by atoms with Crippen LogP contribution in [0.2, 0.25) is 0 Å². The second-order valence-corrected chi connectivity index (χ2v) is 7.96. The molecule has 0 bridgehead atoms. The standard InChI is InChI=1S/C28H20F6O/c29-27(30,31)23-15-11-21(12-16-23)25(19-7-3-1-4-8-19)35-26(20-9-5-2-6-10-20)22-13-17-24(18-14-22)28(32,33)34/h1-18,25-26H. The van der Waals surface area contributed by atoms with Gasteiger partial charge in [-0.15, -0.1) is 0 Å². The molecule has 0 heterocycles. The number of benzene rings is 4. The average Bonchev–Trinajstić information content (AvgIpc) is 2.85. The molecular weight excluding hydrogens is 466 g/mol. The molecule has 0 aliphatic carbocycles. The van der Waals surface area contributed by atoms with Crippen molar-refractivity contribution in [3.63, 3.8) is 0 Å². The van der Waals surface area contributed by atoms with Crippen LogP contribution in [0.4, 0.5) is 26.3 Å². The summed E-state index contributed by atoms with van der Waals surface area (Å²) in [5, 5.41) is 0. The van der Waals surface area contributed by atoms with Crippen LogP contribution in [-0.2, 0) is 17.1 Å². The molecule has 0 aromatic heterocycles. The summed E-state index contributed by atoms with van der Waals surface area (Å²) in [6, 6.07) is 27.3. The van der Waals surface area contributed by atoms with Gasteiger partial charge in [0.25, 0.3) is 0 Å². The molecule has 35 heavy (non-hydrogen) atoms. The Morgan fingerprint density at radius 3 is 0.971 bits per heavy atom. The summed E-state index contributed by atoms with van der Waals surface area (Å²) in [5.41, 5.74) is 0.792. The lowest BCUT2D eigenvalue weighted by molar-refractivity contribution is -0.138. The van der Waals surface area contributed by atoms with Crippen LogP contribution < -0.4 is 0 Å². The first kappa shape index (κ1) is 24.5. The minimum Gasteiger partial charge on any atom is -0.356 e. The maximum absolute atomic E-state index is 13.1. The minimum atomic E-state index is -4.48. The van der Waals surface area contributed by atoms with E-state index in [2.05, 4.69) is 0 Å². The summed E-state index contributed by atoms with van der Waals surface area (Å²) in [5.74, 6) is 0. The Bertz CT molecular complexity index is 1120. The minimum absolute atomic E-state index is 0.483. The second kappa shape index (κ2) is 9.96. The summed E-state index contributed by atoms with van der Waals surface area (Å²) < 4.78 is 85.1. The molecule has 0 saturated heterocycles. The lowest BCUT2D eigenvalue weighted by Gasteiger charge is -2.27. The Morgan fingerprint density at radius 1 is 0.400 bits per heavy atom. The van der Waals surface area contributed by atoms with E-state index in [0.717, 1.165) is 24.3 Å². The van der Waals surface area contributed by atoms with Crippen LogP contribution in [0.1, 0.15) is 45.6 Å². The van der Waals surface area contributed by atoms with Crippen molar-refractivity contribution in [3.05, 3.63) is 143 Å². The van der Waals surface area contributed by atoms with E-state index < -0.39 is 35.7 Å². The fourth-order valence-corrected chi connectivity index (χ4v) is 3.78. The van der Waals surface area contributed by atoms with Crippen molar-refractivity contribution < 1.29 is 31.1 Å². The van der Waals surface area contributed by atoms with Crippen molar-refractivity contribution in [3.8, 4) is 0 Å². The van der Waals surface area contributed by atoms with Gasteiger partial charge in [-0.25, -0.2) is 0 Å². The van der Waals surface area contributed by atoms with Gasteiger partial charge in [-0.05, 0) is 46.5 Å². The predicted molar refractivity (Wildman–Crippen MR) is 121 cm³/mol. The Hall–Kier alpha value is -3.58. The fraction of sp³-hybridized carbons (Fsp3) is 0.143. The van der Waals surface area contributed by atoms with Crippen LogP contribution in [0.15, 0.2) is 109 Å². The van der Waals surface area contributed by atoms with E-state index in [9.17, 15) is 26.3 Å². The van der Waals surface area contributed by atoms with Crippen LogP contribution >= 0.6 is 0 Å². The lowest BCUT2D eigenvalue weighted by atomic mass is 9.96. The molecule has 0 saturated carbocycles. The smallest absolute Gasteiger partial charge is 0.356 e. The molecule has 7 heteroatoms. The van der Waals surface area contributed by atoms with E-state index in [1.54, 1.807) is 60.7 Å². The maximum Gasteiger partial charge on any atom is 0.416 e. The molecule has 180 valence electrons. The third-order valence-corrected chi connectivity index (χ3v) is 5.56. The number of halogens is 6. The topological polar surface area (TPSA) is 9.23 Å². The molecule has 0 amide bonds. The molecule has 0 N–H and O–H groups in total. The molecule has 4 aromatic carbocycles. The zero-order chi connectivity index (χ0) is 25.1. The Morgan fingerprint density at radius 2 is 0.686 bits per heavy atom. The molecule has 1 nitrogen and oxygen atoms in total. The van der Waals surface area contributed by atoms with Crippen molar-refractivity contribution in [2.75, 3.05) is 0 Å². The molecule has 2 unspecified atom stereocenters. The second-order valence-electron chi connectivity index (χ2n) is 7.96. The predicted octanol–water partition coefficient (Wildman–Crippen LogP) is 8.62. The number of hydrogen-bond donors (Lipinski definition) is 0. The molecule has 0 spiro atoms. The highest BCUT2D eigenvalue weighted by molar-refractivity contribution is 5.36. The molecular formula is C28H20F6O. The van der Waals surface area contributed by atoms with Gasteiger partial charge in [0.2, 0.25) is 0 Å². The van der Waals surface area contributed by atoms with Crippen molar-refractivity contribution in [2.45, 2.75) is 24.6 Å². The first-order valence-corrected chi connectivity index (χ1v) is 10.7. The van der Waals surface area contributed by atoms with Crippen LogP contribution in [0.5, 0.6) is 0 Å². The third kappa shape index (κ3) is 5.92. The van der Waals surface area contributed by atoms with E-state index in [4.69, 9.17) is 4.74 Å². The summed E-state index contributed by atoms with van der Waals surface area (Å²) in [6.07, 6.45) is -10.5. The van der Waals surface area contributed by atoms with Gasteiger partial charge in [0.1, 0.15) is 12.2 Å². The molecule has 4 rings (SSSR count). The fourth-order valence-electron chi connectivity index (χ4n) is 3.78. The first-order valence-electron chi connectivity index (χ1n) is 10.7. The van der Waals surface area contributed by atoms with E-state index in [0.29, 0.717) is 22.3 Å².